The van der Waals surface area contributed by atoms with Gasteiger partial charge in [0.25, 0.3) is 0 Å². The van der Waals surface area contributed by atoms with Crippen molar-refractivity contribution in [2.24, 2.45) is 0 Å². The minimum Gasteiger partial charge on any atom is -1.00 e. The smallest absolute Gasteiger partial charge is 0.316 e. The van der Waals surface area contributed by atoms with Crippen molar-refractivity contribution in [3.8, 4) is 0 Å². The van der Waals surface area contributed by atoms with Crippen molar-refractivity contribution in [1.29, 1.82) is 0 Å². The molecule has 2 aliphatic rings. The summed E-state index contributed by atoms with van der Waals surface area (Å²) in [5, 5.41) is 9.68. The second-order valence-electron chi connectivity index (χ2n) is 7.49. The van der Waals surface area contributed by atoms with Gasteiger partial charge in [0.05, 0.1) is 35.8 Å². The predicted octanol–water partition coefficient (Wildman–Crippen LogP) is -0.142. The number of aliphatic hydroxyl groups is 1. The zero-order valence-corrected chi connectivity index (χ0v) is 16.5. The topological polar surface area (TPSA) is 46.5 Å². The maximum Gasteiger partial charge on any atom is 0.316 e. The van der Waals surface area contributed by atoms with Crippen LogP contribution >= 0.6 is 0 Å². The minimum atomic E-state index is -2.06. The molecule has 140 valence electrons. The number of esters is 1. The van der Waals surface area contributed by atoms with Gasteiger partial charge < -0.3 is 31.3 Å². The summed E-state index contributed by atoms with van der Waals surface area (Å²) in [5.41, 5.74) is 0.735. The summed E-state index contributed by atoms with van der Waals surface area (Å²) < 4.78 is 30.5. The normalized spacial score (nSPS) is 34.4. The van der Waals surface area contributed by atoms with E-state index in [9.17, 15) is 9.90 Å². The number of halogens is 1. The first-order valence-electron chi connectivity index (χ1n) is 10.5. The van der Waals surface area contributed by atoms with Gasteiger partial charge in [-0.3, -0.25) is 4.79 Å². The molecule has 5 atom stereocenters. The molecular formula is C20H30BrNO3. The van der Waals surface area contributed by atoms with Crippen LogP contribution in [0.15, 0.2) is 30.3 Å². The Morgan fingerprint density at radius 1 is 1.28 bits per heavy atom. The lowest BCUT2D eigenvalue weighted by Gasteiger charge is -2.49. The molecule has 2 saturated heterocycles. The summed E-state index contributed by atoms with van der Waals surface area (Å²) in [7, 11) is 0. The lowest BCUT2D eigenvalue weighted by atomic mass is 9.94. The van der Waals surface area contributed by atoms with Crippen molar-refractivity contribution in [2.75, 3.05) is 13.6 Å². The Bertz CT molecular complexity index is 654. The molecular weight excluding hydrogens is 382 g/mol. The van der Waals surface area contributed by atoms with Gasteiger partial charge in [0.2, 0.25) is 0 Å². The third-order valence-electron chi connectivity index (χ3n) is 5.92. The van der Waals surface area contributed by atoms with Crippen molar-refractivity contribution in [3.63, 3.8) is 0 Å². The number of ether oxygens (including phenoxy) is 1. The van der Waals surface area contributed by atoms with Crippen LogP contribution in [0.1, 0.15) is 55.1 Å². The zero-order chi connectivity index (χ0) is 19.8. The molecule has 0 radical (unpaired) electrons. The second kappa shape index (κ2) is 8.19. The number of carbonyl (C=O) groups excluding carboxylic acids is 1. The molecule has 25 heavy (non-hydrogen) atoms. The van der Waals surface area contributed by atoms with Gasteiger partial charge in [0.1, 0.15) is 12.0 Å². The van der Waals surface area contributed by atoms with Gasteiger partial charge >= 0.3 is 5.97 Å². The van der Waals surface area contributed by atoms with E-state index in [0.717, 1.165) is 18.4 Å². The van der Waals surface area contributed by atoms with Crippen molar-refractivity contribution in [1.82, 2.24) is 0 Å². The number of piperidine rings is 1. The highest BCUT2D eigenvalue weighted by Crippen LogP contribution is 2.44. The first-order chi connectivity index (χ1) is 12.7. The van der Waals surface area contributed by atoms with E-state index in [2.05, 4.69) is 0 Å². The van der Waals surface area contributed by atoms with E-state index in [0.29, 0.717) is 12.8 Å². The summed E-state index contributed by atoms with van der Waals surface area (Å²) in [6, 6.07) is 9.11. The van der Waals surface area contributed by atoms with E-state index in [1.54, 1.807) is 0 Å². The van der Waals surface area contributed by atoms with Gasteiger partial charge in [-0.05, 0) is 19.4 Å². The van der Waals surface area contributed by atoms with E-state index < -0.39 is 18.9 Å². The third kappa shape index (κ3) is 3.79. The average molecular weight is 415 g/mol. The number of benzene rings is 1. The van der Waals surface area contributed by atoms with Gasteiger partial charge in [-0.1, -0.05) is 30.3 Å². The van der Waals surface area contributed by atoms with Crippen molar-refractivity contribution >= 4 is 5.97 Å². The molecule has 5 heteroatoms. The van der Waals surface area contributed by atoms with Gasteiger partial charge in [-0.2, -0.15) is 0 Å². The Kier molecular flexibility index (Phi) is 5.33. The fourth-order valence-electron chi connectivity index (χ4n) is 4.59. The highest BCUT2D eigenvalue weighted by atomic mass is 79.9. The molecule has 1 aromatic rings. The van der Waals surface area contributed by atoms with Crippen molar-refractivity contribution in [2.45, 2.75) is 69.7 Å². The molecule has 1 aromatic carbocycles. The molecule has 3 rings (SSSR count). The van der Waals surface area contributed by atoms with Gasteiger partial charge in [-0.15, -0.1) is 0 Å². The molecule has 2 aliphatic heterocycles. The standard InChI is InChI=1S/C20H30NO3.BrH/c1-14(2)21(3)16-9-10-17(21)12-18(11-16)24-20(23)19(13-22)15-7-5-4-6-8-15;/h4-8,14,16-19,22H,9-13H2,1-3H3;1H/q+1;/p-1/t16-,17+,18?,19?,21?;/i3D3;. The van der Waals surface area contributed by atoms with Crippen LogP contribution < -0.4 is 17.0 Å². The Labute approximate surface area is 165 Å². The highest BCUT2D eigenvalue weighted by molar-refractivity contribution is 5.78. The fourth-order valence-corrected chi connectivity index (χ4v) is 4.59. The molecule has 0 amide bonds. The van der Waals surface area contributed by atoms with Crippen LogP contribution in [0.5, 0.6) is 0 Å². The summed E-state index contributed by atoms with van der Waals surface area (Å²) in [6.45, 7) is 1.61. The van der Waals surface area contributed by atoms with Crippen LogP contribution in [0.2, 0.25) is 0 Å². The van der Waals surface area contributed by atoms with Gasteiger partial charge in [-0.25, -0.2) is 0 Å². The number of fused-ring (bicyclic) bond motifs is 2. The van der Waals surface area contributed by atoms with E-state index >= 15 is 0 Å². The summed E-state index contributed by atoms with van der Waals surface area (Å²) in [6.07, 6.45) is 2.59. The molecule has 0 spiro atoms. The Hall–Kier alpha value is -0.910. The van der Waals surface area contributed by atoms with Crippen LogP contribution in [-0.4, -0.2) is 53.4 Å². The fraction of sp³-hybridized carbons (Fsp3) is 0.650. The lowest BCUT2D eigenvalue weighted by molar-refractivity contribution is -0.968. The number of hydrogen-bond acceptors (Lipinski definition) is 3. The van der Waals surface area contributed by atoms with Crippen LogP contribution in [0.25, 0.3) is 0 Å². The van der Waals surface area contributed by atoms with E-state index in [4.69, 9.17) is 8.85 Å². The maximum atomic E-state index is 12.7. The Morgan fingerprint density at radius 2 is 1.88 bits per heavy atom. The van der Waals surface area contributed by atoms with E-state index in [1.807, 2.05) is 44.2 Å². The Balaban J connectivity index is 0.00000280. The molecule has 4 nitrogen and oxygen atoms in total. The van der Waals surface area contributed by atoms with Crippen LogP contribution in [0, 0.1) is 0 Å². The molecule has 2 fully saturated rings. The third-order valence-corrected chi connectivity index (χ3v) is 5.92. The first kappa shape index (κ1) is 16.3. The molecule has 0 aromatic heterocycles. The SMILES string of the molecule is [2H]C([2H])([2H])[N+]1(C(C)C)[C@@H]2CC[C@H]1CC(OC(=O)C(CO)c1ccccc1)C2.[Br-]. The van der Waals surface area contributed by atoms with E-state index in [-0.39, 0.29) is 52.3 Å². The number of hydrogen-bond donors (Lipinski definition) is 1. The number of quaternary nitrogens is 1. The molecule has 3 unspecified atom stereocenters. The van der Waals surface area contributed by atoms with Crippen molar-refractivity contribution in [3.05, 3.63) is 35.9 Å². The average Bonchev–Trinajstić information content (AvgIpc) is 2.83. The maximum absolute atomic E-state index is 12.7. The zero-order valence-electron chi connectivity index (χ0n) is 17.9. The van der Waals surface area contributed by atoms with E-state index in [1.165, 1.54) is 0 Å². The summed E-state index contributed by atoms with van der Waals surface area (Å²) in [4.78, 5) is 12.7. The van der Waals surface area contributed by atoms with Crippen LogP contribution in [0.3, 0.4) is 0 Å². The number of carbonyl (C=O) groups is 1. The molecule has 0 saturated carbocycles. The molecule has 1 N–H and O–H groups in total. The number of aliphatic hydroxyl groups excluding tert-OH is 1. The number of rotatable bonds is 5. The van der Waals surface area contributed by atoms with Gasteiger partial charge in [0, 0.05) is 25.7 Å². The minimum absolute atomic E-state index is 0. The molecule has 2 heterocycles. The quantitative estimate of drug-likeness (QED) is 0.538. The first-order valence-corrected chi connectivity index (χ1v) is 8.96. The largest absolute Gasteiger partial charge is 1.00 e. The van der Waals surface area contributed by atoms with Crippen LogP contribution in [0.4, 0.5) is 0 Å². The lowest BCUT2D eigenvalue weighted by Crippen LogP contribution is -3.00. The monoisotopic (exact) mass is 414 g/mol. The van der Waals surface area contributed by atoms with Gasteiger partial charge in [0.15, 0.2) is 0 Å². The second-order valence-corrected chi connectivity index (χ2v) is 7.49. The van der Waals surface area contributed by atoms with Crippen LogP contribution in [-0.2, 0) is 9.53 Å². The highest BCUT2D eigenvalue weighted by Gasteiger charge is 2.53. The molecule has 2 bridgehead atoms. The van der Waals surface area contributed by atoms with Crippen molar-refractivity contribution < 1.29 is 40.2 Å². The number of nitrogens with zero attached hydrogens (tertiary/aromatic N) is 1. The summed E-state index contributed by atoms with van der Waals surface area (Å²) in [5.74, 6) is -1.12. The predicted molar refractivity (Wildman–Crippen MR) is 93.5 cm³/mol. The molecule has 0 aliphatic carbocycles. The Morgan fingerprint density at radius 3 is 2.36 bits per heavy atom. The summed E-state index contributed by atoms with van der Waals surface area (Å²) >= 11 is 0.